The largest absolute Gasteiger partial charge is 0.326 e. The van der Waals surface area contributed by atoms with Crippen molar-refractivity contribution in [1.82, 2.24) is 15.1 Å². The Morgan fingerprint density at radius 2 is 1.61 bits per heavy atom. The van der Waals surface area contributed by atoms with E-state index < -0.39 is 0 Å². The van der Waals surface area contributed by atoms with Crippen molar-refractivity contribution < 1.29 is 9.59 Å². The van der Waals surface area contributed by atoms with Crippen LogP contribution in [0.25, 0.3) is 0 Å². The normalized spacial score (nSPS) is 11.2. The number of hydrogen-bond donors (Lipinski definition) is 3. The van der Waals surface area contributed by atoms with Crippen LogP contribution in [0.15, 0.2) is 59.7 Å². The van der Waals surface area contributed by atoms with Crippen molar-refractivity contribution in [3.8, 4) is 0 Å². The van der Waals surface area contributed by atoms with Crippen LogP contribution in [0.4, 0.5) is 11.4 Å². The van der Waals surface area contributed by atoms with Gasteiger partial charge in [0.25, 0.3) is 5.91 Å². The second-order valence-electron chi connectivity index (χ2n) is 7.87. The zero-order valence-electron chi connectivity index (χ0n) is 19.5. The zero-order valence-corrected chi connectivity index (χ0v) is 19.5. The fraction of sp³-hybridized carbons (Fsp3) is 0.280. The molecule has 1 aromatic heterocycles. The van der Waals surface area contributed by atoms with E-state index in [1.54, 1.807) is 24.3 Å². The lowest BCUT2D eigenvalue weighted by molar-refractivity contribution is -0.114. The van der Waals surface area contributed by atoms with E-state index in [-0.39, 0.29) is 11.8 Å². The highest BCUT2D eigenvalue weighted by molar-refractivity contribution is 6.10. The number of carbonyl (C=O) groups is 2. The second-order valence-corrected chi connectivity index (χ2v) is 7.87. The topological polar surface area (TPSA) is 100 Å². The molecule has 1 heterocycles. The van der Waals surface area contributed by atoms with E-state index in [9.17, 15) is 9.59 Å². The molecule has 2 amide bonds. The highest BCUT2D eigenvalue weighted by Gasteiger charge is 2.11. The number of hydrogen-bond acceptors (Lipinski definition) is 4. The first-order valence-corrected chi connectivity index (χ1v) is 10.9. The summed E-state index contributed by atoms with van der Waals surface area (Å²) in [5.41, 5.74) is 4.96. The molecule has 0 saturated carbocycles. The summed E-state index contributed by atoms with van der Waals surface area (Å²) in [6.07, 6.45) is 3.00. The van der Waals surface area contributed by atoms with Gasteiger partial charge in [0.15, 0.2) is 0 Å². The molecule has 0 unspecified atom stereocenters. The van der Waals surface area contributed by atoms with Gasteiger partial charge in [-0.1, -0.05) is 24.6 Å². The average Bonchev–Trinajstić information content (AvgIpc) is 3.13. The fourth-order valence-electron chi connectivity index (χ4n) is 3.19. The van der Waals surface area contributed by atoms with Crippen LogP contribution in [0.3, 0.4) is 0 Å². The maximum Gasteiger partial charge on any atom is 0.257 e. The molecule has 3 N–H and O–H groups in total. The molecule has 2 aromatic carbocycles. The van der Waals surface area contributed by atoms with Crippen molar-refractivity contribution in [2.24, 2.45) is 4.99 Å². The van der Waals surface area contributed by atoms with Gasteiger partial charge in [-0.15, -0.1) is 0 Å². The standard InChI is InChI=1S/C25H30N6O2/c1-5-14-31-16-21(18(3)30-31)15-26-25(28-23-10-6-17(2)7-11-23)29-24(33)20-8-12-22(13-9-20)27-19(4)32/h6-13,16H,5,14-15H2,1-4H3,(H,27,32)(H2,26,28,29,33). The number of aromatic nitrogens is 2. The Bertz CT molecular complexity index is 1130. The van der Waals surface area contributed by atoms with Crippen LogP contribution in [0, 0.1) is 13.8 Å². The predicted molar refractivity (Wildman–Crippen MR) is 131 cm³/mol. The molecule has 8 nitrogen and oxygen atoms in total. The third-order valence-corrected chi connectivity index (χ3v) is 4.92. The summed E-state index contributed by atoms with van der Waals surface area (Å²) < 4.78 is 1.92. The van der Waals surface area contributed by atoms with Crippen molar-refractivity contribution in [2.45, 2.75) is 47.2 Å². The number of nitrogens with zero attached hydrogens (tertiary/aromatic N) is 3. The van der Waals surface area contributed by atoms with E-state index in [2.05, 4.69) is 33.0 Å². The minimum absolute atomic E-state index is 0.165. The van der Waals surface area contributed by atoms with E-state index >= 15 is 0 Å². The first-order chi connectivity index (χ1) is 15.8. The van der Waals surface area contributed by atoms with E-state index in [1.165, 1.54) is 6.92 Å². The maximum absolute atomic E-state index is 12.9. The Morgan fingerprint density at radius 1 is 0.970 bits per heavy atom. The summed E-state index contributed by atoms with van der Waals surface area (Å²) in [6, 6.07) is 14.5. The van der Waals surface area contributed by atoms with Crippen molar-refractivity contribution in [1.29, 1.82) is 0 Å². The van der Waals surface area contributed by atoms with Crippen molar-refractivity contribution in [2.75, 3.05) is 10.6 Å². The molecule has 3 rings (SSSR count). The molecule has 0 atom stereocenters. The Morgan fingerprint density at radius 3 is 2.24 bits per heavy atom. The van der Waals surface area contributed by atoms with Crippen LogP contribution < -0.4 is 16.0 Å². The van der Waals surface area contributed by atoms with Crippen LogP contribution in [0.5, 0.6) is 0 Å². The van der Waals surface area contributed by atoms with Gasteiger partial charge in [0, 0.05) is 42.2 Å². The van der Waals surface area contributed by atoms with Crippen LogP contribution in [0.1, 0.15) is 47.4 Å². The monoisotopic (exact) mass is 446 g/mol. The molecule has 0 saturated heterocycles. The third-order valence-electron chi connectivity index (χ3n) is 4.92. The predicted octanol–water partition coefficient (Wildman–Crippen LogP) is 4.27. The smallest absolute Gasteiger partial charge is 0.257 e. The van der Waals surface area contributed by atoms with Crippen molar-refractivity contribution in [3.63, 3.8) is 0 Å². The molecule has 0 aliphatic carbocycles. The first-order valence-electron chi connectivity index (χ1n) is 10.9. The lowest BCUT2D eigenvalue weighted by Crippen LogP contribution is -2.36. The van der Waals surface area contributed by atoms with Gasteiger partial charge >= 0.3 is 0 Å². The third kappa shape index (κ3) is 7.03. The number of anilines is 2. The van der Waals surface area contributed by atoms with Crippen molar-refractivity contribution in [3.05, 3.63) is 77.1 Å². The van der Waals surface area contributed by atoms with E-state index in [4.69, 9.17) is 0 Å². The van der Waals surface area contributed by atoms with Gasteiger partial charge < -0.3 is 10.6 Å². The second kappa shape index (κ2) is 11.1. The lowest BCUT2D eigenvalue weighted by Gasteiger charge is -2.12. The number of aliphatic imine (C=N–C) groups is 1. The minimum Gasteiger partial charge on any atom is -0.326 e. The molecule has 172 valence electrons. The summed E-state index contributed by atoms with van der Waals surface area (Å²) in [6.45, 7) is 8.75. The number of benzene rings is 2. The summed E-state index contributed by atoms with van der Waals surface area (Å²) in [7, 11) is 0. The van der Waals surface area contributed by atoms with Gasteiger partial charge in [-0.3, -0.25) is 19.6 Å². The van der Waals surface area contributed by atoms with E-state index in [0.29, 0.717) is 23.8 Å². The number of rotatable bonds is 7. The molecule has 33 heavy (non-hydrogen) atoms. The molecular formula is C25H30N6O2. The number of nitrogens with one attached hydrogen (secondary N) is 3. The molecule has 0 aliphatic heterocycles. The Labute approximate surface area is 194 Å². The molecular weight excluding hydrogens is 416 g/mol. The highest BCUT2D eigenvalue weighted by Crippen LogP contribution is 2.12. The van der Waals surface area contributed by atoms with Gasteiger partial charge in [0.2, 0.25) is 11.9 Å². The quantitative estimate of drug-likeness (QED) is 0.373. The molecule has 0 radical (unpaired) electrons. The highest BCUT2D eigenvalue weighted by atomic mass is 16.2. The Balaban J connectivity index is 1.78. The number of aryl methyl sites for hydroxylation is 3. The Kier molecular flexibility index (Phi) is 7.96. The number of amides is 2. The Hall–Kier alpha value is -3.94. The molecule has 8 heteroatoms. The average molecular weight is 447 g/mol. The first kappa shape index (κ1) is 23.7. The SMILES string of the molecule is CCCn1cc(CN=C(NC(=O)c2ccc(NC(C)=O)cc2)Nc2ccc(C)cc2)c(C)n1. The minimum atomic E-state index is -0.305. The van der Waals surface area contributed by atoms with Crippen LogP contribution in [0.2, 0.25) is 0 Å². The zero-order chi connectivity index (χ0) is 23.8. The summed E-state index contributed by atoms with van der Waals surface area (Å²) >= 11 is 0. The van der Waals surface area contributed by atoms with Crippen LogP contribution in [-0.2, 0) is 17.9 Å². The maximum atomic E-state index is 12.9. The van der Waals surface area contributed by atoms with Gasteiger partial charge in [0.05, 0.1) is 12.2 Å². The number of carbonyl (C=O) groups excluding carboxylic acids is 2. The van der Waals surface area contributed by atoms with E-state index in [1.807, 2.05) is 49.0 Å². The molecule has 0 bridgehead atoms. The lowest BCUT2D eigenvalue weighted by atomic mass is 10.2. The molecule has 0 spiro atoms. The van der Waals surface area contributed by atoms with Gasteiger partial charge in [-0.25, -0.2) is 4.99 Å². The summed E-state index contributed by atoms with van der Waals surface area (Å²) in [5.74, 6) is -0.125. The van der Waals surface area contributed by atoms with Gasteiger partial charge in [-0.05, 0) is 56.7 Å². The van der Waals surface area contributed by atoms with Crippen LogP contribution in [-0.4, -0.2) is 27.6 Å². The molecule has 0 fully saturated rings. The fourth-order valence-corrected chi connectivity index (χ4v) is 3.19. The van der Waals surface area contributed by atoms with Gasteiger partial charge in [-0.2, -0.15) is 5.10 Å². The molecule has 3 aromatic rings. The number of guanidine groups is 1. The summed E-state index contributed by atoms with van der Waals surface area (Å²) in [4.78, 5) is 28.7. The van der Waals surface area contributed by atoms with E-state index in [0.717, 1.165) is 35.5 Å². The van der Waals surface area contributed by atoms with Gasteiger partial charge in [0.1, 0.15) is 0 Å². The van der Waals surface area contributed by atoms with Crippen LogP contribution >= 0.6 is 0 Å². The summed E-state index contributed by atoms with van der Waals surface area (Å²) in [5, 5.41) is 13.3. The molecule has 0 aliphatic rings. The van der Waals surface area contributed by atoms with Crippen molar-refractivity contribution >= 4 is 29.1 Å².